The molecule has 2 aromatic rings. The summed E-state index contributed by atoms with van der Waals surface area (Å²) in [7, 11) is 1.58. The van der Waals surface area contributed by atoms with Gasteiger partial charge in [-0.25, -0.2) is 0 Å². The van der Waals surface area contributed by atoms with Crippen molar-refractivity contribution >= 4 is 17.5 Å². The molecule has 1 saturated heterocycles. The molecule has 5 nitrogen and oxygen atoms in total. The Morgan fingerprint density at radius 2 is 1.96 bits per heavy atom. The van der Waals surface area contributed by atoms with Gasteiger partial charge in [0.2, 0.25) is 11.8 Å². The van der Waals surface area contributed by atoms with E-state index in [2.05, 4.69) is 5.32 Å². The summed E-state index contributed by atoms with van der Waals surface area (Å²) in [6.45, 7) is 2.43. The highest BCUT2D eigenvalue weighted by Crippen LogP contribution is 2.29. The molecular formula is C20H22N2O3. The average molecular weight is 338 g/mol. The quantitative estimate of drug-likeness (QED) is 0.910. The minimum atomic E-state index is -0.343. The van der Waals surface area contributed by atoms with E-state index in [1.165, 1.54) is 0 Å². The lowest BCUT2D eigenvalue weighted by Crippen LogP contribution is -2.30. The Hall–Kier alpha value is -2.82. The first-order valence-corrected chi connectivity index (χ1v) is 8.38. The summed E-state index contributed by atoms with van der Waals surface area (Å²) >= 11 is 0. The van der Waals surface area contributed by atoms with Crippen molar-refractivity contribution in [2.24, 2.45) is 5.92 Å². The lowest BCUT2D eigenvalue weighted by Gasteiger charge is -2.25. The van der Waals surface area contributed by atoms with Gasteiger partial charge in [-0.3, -0.25) is 9.59 Å². The normalized spacial score (nSPS) is 18.1. The molecule has 5 heteroatoms. The third-order valence-electron chi connectivity index (χ3n) is 4.62. The number of hydrogen-bond acceptors (Lipinski definition) is 3. The molecule has 130 valence electrons. The summed E-state index contributed by atoms with van der Waals surface area (Å²) in [5, 5.41) is 2.88. The van der Waals surface area contributed by atoms with Gasteiger partial charge in [0.15, 0.2) is 0 Å². The Kier molecular flexibility index (Phi) is 5.03. The minimum absolute atomic E-state index is 0.0159. The fourth-order valence-corrected chi connectivity index (χ4v) is 3.14. The number of rotatable bonds is 5. The van der Waals surface area contributed by atoms with Gasteiger partial charge in [-0.2, -0.15) is 0 Å². The standard InChI is InChI=1S/C20H22N2O3/c1-14(15-7-4-3-5-8-15)22-13-16(11-19(22)23)20(24)21-17-9-6-10-18(12-17)25-2/h3-10,12,14,16H,11,13H2,1-2H3,(H,21,24)/t14-,16+/m1/s1. The van der Waals surface area contributed by atoms with Gasteiger partial charge in [-0.05, 0) is 24.6 Å². The van der Waals surface area contributed by atoms with E-state index in [1.54, 1.807) is 18.1 Å². The molecule has 3 rings (SSSR count). The molecule has 1 N–H and O–H groups in total. The fraction of sp³-hybridized carbons (Fsp3) is 0.300. The van der Waals surface area contributed by atoms with Crippen LogP contribution < -0.4 is 10.1 Å². The number of carbonyl (C=O) groups is 2. The fourth-order valence-electron chi connectivity index (χ4n) is 3.14. The van der Waals surface area contributed by atoms with Crippen molar-refractivity contribution in [3.05, 3.63) is 60.2 Å². The number of likely N-dealkylation sites (tertiary alicyclic amines) is 1. The zero-order valence-electron chi connectivity index (χ0n) is 14.4. The molecule has 1 fully saturated rings. The molecule has 2 atom stereocenters. The Balaban J connectivity index is 1.66. The van der Waals surface area contributed by atoms with Crippen molar-refractivity contribution in [1.82, 2.24) is 4.90 Å². The maximum Gasteiger partial charge on any atom is 0.229 e. The highest BCUT2D eigenvalue weighted by atomic mass is 16.5. The third-order valence-corrected chi connectivity index (χ3v) is 4.62. The summed E-state index contributed by atoms with van der Waals surface area (Å²) in [6, 6.07) is 17.0. The first kappa shape index (κ1) is 17.0. The molecular weight excluding hydrogens is 316 g/mol. The van der Waals surface area contributed by atoms with E-state index >= 15 is 0 Å². The van der Waals surface area contributed by atoms with E-state index < -0.39 is 0 Å². The van der Waals surface area contributed by atoms with Gasteiger partial charge in [-0.15, -0.1) is 0 Å². The van der Waals surface area contributed by atoms with Gasteiger partial charge >= 0.3 is 0 Å². The second kappa shape index (κ2) is 7.38. The van der Waals surface area contributed by atoms with Gasteiger partial charge in [0.25, 0.3) is 0 Å². The summed E-state index contributed by atoms with van der Waals surface area (Å²) in [6.07, 6.45) is 0.243. The Labute approximate surface area is 147 Å². The second-order valence-corrected chi connectivity index (χ2v) is 6.26. The molecule has 25 heavy (non-hydrogen) atoms. The van der Waals surface area contributed by atoms with Crippen molar-refractivity contribution in [3.63, 3.8) is 0 Å². The van der Waals surface area contributed by atoms with Gasteiger partial charge in [0.05, 0.1) is 19.1 Å². The molecule has 0 aromatic heterocycles. The second-order valence-electron chi connectivity index (χ2n) is 6.26. The number of methoxy groups -OCH3 is 1. The first-order chi connectivity index (χ1) is 12.1. The van der Waals surface area contributed by atoms with E-state index in [1.807, 2.05) is 55.5 Å². The van der Waals surface area contributed by atoms with E-state index in [-0.39, 0.29) is 30.2 Å². The van der Waals surface area contributed by atoms with Gasteiger partial charge in [0, 0.05) is 24.7 Å². The molecule has 2 aromatic carbocycles. The Morgan fingerprint density at radius 1 is 1.20 bits per heavy atom. The molecule has 1 aliphatic rings. The van der Waals surface area contributed by atoms with Crippen LogP contribution in [0.4, 0.5) is 5.69 Å². The number of hydrogen-bond donors (Lipinski definition) is 1. The summed E-state index contributed by atoms with van der Waals surface area (Å²) in [5.41, 5.74) is 1.75. The van der Waals surface area contributed by atoms with Crippen LogP contribution in [-0.2, 0) is 9.59 Å². The van der Waals surface area contributed by atoms with Crippen LogP contribution >= 0.6 is 0 Å². The molecule has 2 amide bonds. The average Bonchev–Trinajstić information content (AvgIpc) is 3.04. The third kappa shape index (κ3) is 3.82. The molecule has 0 spiro atoms. The molecule has 1 heterocycles. The van der Waals surface area contributed by atoms with Crippen molar-refractivity contribution in [3.8, 4) is 5.75 Å². The van der Waals surface area contributed by atoms with Crippen LogP contribution in [0.1, 0.15) is 24.9 Å². The highest BCUT2D eigenvalue weighted by Gasteiger charge is 2.37. The predicted octanol–water partition coefficient (Wildman–Crippen LogP) is 3.24. The first-order valence-electron chi connectivity index (χ1n) is 8.38. The van der Waals surface area contributed by atoms with Crippen LogP contribution in [-0.4, -0.2) is 30.4 Å². The number of ether oxygens (including phenoxy) is 1. The highest BCUT2D eigenvalue weighted by molar-refractivity contribution is 5.97. The van der Waals surface area contributed by atoms with E-state index in [0.717, 1.165) is 5.56 Å². The zero-order chi connectivity index (χ0) is 17.8. The number of amides is 2. The number of nitrogens with one attached hydrogen (secondary N) is 1. The summed E-state index contributed by atoms with van der Waals surface area (Å²) < 4.78 is 5.16. The van der Waals surface area contributed by atoms with Crippen molar-refractivity contribution in [2.75, 3.05) is 19.0 Å². The molecule has 0 bridgehead atoms. The van der Waals surface area contributed by atoms with Crippen LogP contribution in [0.15, 0.2) is 54.6 Å². The lowest BCUT2D eigenvalue weighted by atomic mass is 10.1. The molecule has 0 aliphatic carbocycles. The van der Waals surface area contributed by atoms with E-state index in [4.69, 9.17) is 4.74 Å². The van der Waals surface area contributed by atoms with Gasteiger partial charge < -0.3 is 15.0 Å². The molecule has 0 radical (unpaired) electrons. The minimum Gasteiger partial charge on any atom is -0.497 e. The van der Waals surface area contributed by atoms with Crippen LogP contribution in [0.25, 0.3) is 0 Å². The van der Waals surface area contributed by atoms with Gasteiger partial charge in [-0.1, -0.05) is 36.4 Å². The SMILES string of the molecule is COc1cccc(NC(=O)[C@H]2CC(=O)N([C@H](C)c3ccccc3)C2)c1. The van der Waals surface area contributed by atoms with Crippen LogP contribution in [0, 0.1) is 5.92 Å². The van der Waals surface area contributed by atoms with E-state index in [9.17, 15) is 9.59 Å². The maximum absolute atomic E-state index is 12.5. The van der Waals surface area contributed by atoms with Crippen molar-refractivity contribution in [2.45, 2.75) is 19.4 Å². The van der Waals surface area contributed by atoms with Crippen molar-refractivity contribution in [1.29, 1.82) is 0 Å². The van der Waals surface area contributed by atoms with Crippen molar-refractivity contribution < 1.29 is 14.3 Å². The monoisotopic (exact) mass is 338 g/mol. The summed E-state index contributed by atoms with van der Waals surface area (Å²) in [4.78, 5) is 26.7. The van der Waals surface area contributed by atoms with Crippen LogP contribution in [0.3, 0.4) is 0 Å². The largest absolute Gasteiger partial charge is 0.497 e. The number of carbonyl (C=O) groups excluding carboxylic acids is 2. The van der Waals surface area contributed by atoms with Gasteiger partial charge in [0.1, 0.15) is 5.75 Å². The maximum atomic E-state index is 12.5. The molecule has 1 aliphatic heterocycles. The molecule has 0 saturated carbocycles. The van der Waals surface area contributed by atoms with Crippen LogP contribution in [0.2, 0.25) is 0 Å². The van der Waals surface area contributed by atoms with Crippen LogP contribution in [0.5, 0.6) is 5.75 Å². The topological polar surface area (TPSA) is 58.6 Å². The smallest absolute Gasteiger partial charge is 0.229 e. The zero-order valence-corrected chi connectivity index (χ0v) is 14.4. The number of benzene rings is 2. The summed E-state index contributed by atoms with van der Waals surface area (Å²) in [5.74, 6) is 0.219. The number of nitrogens with zero attached hydrogens (tertiary/aromatic N) is 1. The Morgan fingerprint density at radius 3 is 2.68 bits per heavy atom. The lowest BCUT2D eigenvalue weighted by molar-refractivity contribution is -0.129. The molecule has 0 unspecified atom stereocenters. The Bertz CT molecular complexity index is 761. The van der Waals surface area contributed by atoms with E-state index in [0.29, 0.717) is 18.0 Å². The number of anilines is 1. The predicted molar refractivity (Wildman–Crippen MR) is 96.3 cm³/mol.